The van der Waals surface area contributed by atoms with E-state index in [4.69, 9.17) is 0 Å². The molecule has 3 aliphatic carbocycles. The average Bonchev–Trinajstić information content (AvgIpc) is 3.75. The number of benzene rings is 8. The fourth-order valence-corrected chi connectivity index (χ4v) is 12.3. The lowest BCUT2D eigenvalue weighted by molar-refractivity contribution is 0.484. The van der Waals surface area contributed by atoms with Gasteiger partial charge in [-0.3, -0.25) is 0 Å². The van der Waals surface area contributed by atoms with Crippen LogP contribution in [0.15, 0.2) is 206 Å². The minimum absolute atomic E-state index is 0.436. The van der Waals surface area contributed by atoms with Gasteiger partial charge in [0, 0.05) is 20.2 Å². The van der Waals surface area contributed by atoms with E-state index in [1.54, 1.807) is 0 Å². The maximum atomic E-state index is 2.55. The van der Waals surface area contributed by atoms with Crippen LogP contribution in [0.5, 0.6) is 0 Å². The van der Waals surface area contributed by atoms with Crippen molar-refractivity contribution in [2.24, 2.45) is 11.8 Å². The van der Waals surface area contributed by atoms with Crippen LogP contribution in [-0.2, 0) is 12.8 Å². The molecule has 2 atom stereocenters. The molecule has 0 bridgehead atoms. The molecule has 0 N–H and O–H groups in total. The summed E-state index contributed by atoms with van der Waals surface area (Å²) < 4.78 is 2.71. The normalized spacial score (nSPS) is 16.6. The largest absolute Gasteiger partial charge is 0.135 e. The lowest BCUT2D eigenvalue weighted by atomic mass is 9.77. The van der Waals surface area contributed by atoms with Gasteiger partial charge in [-0.15, -0.1) is 11.3 Å². The zero-order valence-electron chi connectivity index (χ0n) is 37.0. The van der Waals surface area contributed by atoms with Crippen LogP contribution in [0.3, 0.4) is 0 Å². The molecule has 3 aliphatic rings. The Kier molecular flexibility index (Phi) is 10.0. The van der Waals surface area contributed by atoms with Crippen LogP contribution in [0, 0.1) is 25.7 Å². The van der Waals surface area contributed by atoms with Crippen molar-refractivity contribution in [1.29, 1.82) is 0 Å². The highest BCUT2D eigenvalue weighted by atomic mass is 32.1. The van der Waals surface area contributed by atoms with Crippen molar-refractivity contribution in [3.8, 4) is 55.6 Å². The Bertz CT molecular complexity index is 3470. The van der Waals surface area contributed by atoms with Crippen molar-refractivity contribution < 1.29 is 0 Å². The third-order valence-electron chi connectivity index (χ3n) is 14.4. The second kappa shape index (κ2) is 16.5. The molecule has 0 saturated heterocycles. The number of allylic oxidation sites excluding steroid dienone is 8. The predicted molar refractivity (Wildman–Crippen MR) is 280 cm³/mol. The van der Waals surface area contributed by atoms with Crippen LogP contribution < -0.4 is 0 Å². The van der Waals surface area contributed by atoms with Gasteiger partial charge in [-0.1, -0.05) is 188 Å². The number of rotatable bonds is 7. The fourth-order valence-electron chi connectivity index (χ4n) is 11.1. The second-order valence-electron chi connectivity index (χ2n) is 18.4. The highest BCUT2D eigenvalue weighted by molar-refractivity contribution is 7.26. The fraction of sp³-hybridized carbons (Fsp3) is 0.125. The highest BCUT2D eigenvalue weighted by Gasteiger charge is 2.24. The second-order valence-corrected chi connectivity index (χ2v) is 19.4. The standard InChI is InChI=1S/C64H50S/c1-41-35-52(57-24-11-26-59-56-22-4-3-13-43(56)29-34-60(57)59)30-32-54(41)50-20-9-18-48(39-50)46-16-7-14-44(37-46)45-15-8-17-47(38-45)49-19-10-21-51(40-49)55-33-31-53(36-42(55)2)58-25-12-27-62-61-23-5-6-28-63(61)65-64(58)62/h3-13,15-28,30-33,35-37,39-40,44-45H,14,29,34,38H2,1-2H3. The van der Waals surface area contributed by atoms with Gasteiger partial charge >= 0.3 is 0 Å². The SMILES string of the molecule is Cc1cc(-c2cccc3c2CCc2ccccc2-3)ccc1-c1cccc(C2=CC(C3C=CC=C(c4cccc(-c5ccc(-c6cccc7c6sc6ccccc67)cc5C)c4)C3)CC=C2)c1. The quantitative estimate of drug-likeness (QED) is 0.150. The van der Waals surface area contributed by atoms with Gasteiger partial charge in [0.15, 0.2) is 0 Å². The monoisotopic (exact) mass is 850 g/mol. The first-order chi connectivity index (χ1) is 32.0. The van der Waals surface area contributed by atoms with Crippen molar-refractivity contribution >= 4 is 42.7 Å². The van der Waals surface area contributed by atoms with Crippen molar-refractivity contribution in [2.75, 3.05) is 0 Å². The molecule has 65 heavy (non-hydrogen) atoms. The highest BCUT2D eigenvalue weighted by Crippen LogP contribution is 2.44. The first kappa shape index (κ1) is 39.5. The van der Waals surface area contributed by atoms with Crippen molar-refractivity contribution in [3.63, 3.8) is 0 Å². The van der Waals surface area contributed by atoms with E-state index in [1.165, 1.54) is 120 Å². The van der Waals surface area contributed by atoms with E-state index >= 15 is 0 Å². The maximum Gasteiger partial charge on any atom is 0.0433 e. The average molecular weight is 851 g/mol. The molecule has 0 fully saturated rings. The molecule has 2 unspecified atom stereocenters. The third-order valence-corrected chi connectivity index (χ3v) is 15.6. The molecule has 0 amide bonds. The van der Waals surface area contributed by atoms with Crippen LogP contribution in [0.1, 0.15) is 46.2 Å². The number of hydrogen-bond acceptors (Lipinski definition) is 1. The Balaban J connectivity index is 0.767. The summed E-state index contributed by atoms with van der Waals surface area (Å²) in [5, 5.41) is 2.69. The Hall–Kier alpha value is -7.06. The summed E-state index contributed by atoms with van der Waals surface area (Å²) in [5.74, 6) is 0.873. The molecule has 0 spiro atoms. The summed E-state index contributed by atoms with van der Waals surface area (Å²) >= 11 is 1.90. The Morgan fingerprint density at radius 2 is 1.11 bits per heavy atom. The van der Waals surface area contributed by atoms with E-state index < -0.39 is 0 Å². The Morgan fingerprint density at radius 3 is 1.94 bits per heavy atom. The van der Waals surface area contributed by atoms with E-state index in [1.807, 2.05) is 11.3 Å². The molecule has 312 valence electrons. The van der Waals surface area contributed by atoms with Crippen LogP contribution in [0.4, 0.5) is 0 Å². The van der Waals surface area contributed by atoms with E-state index in [9.17, 15) is 0 Å². The summed E-state index contributed by atoms with van der Waals surface area (Å²) in [4.78, 5) is 0. The van der Waals surface area contributed by atoms with Gasteiger partial charge in [0.2, 0.25) is 0 Å². The minimum Gasteiger partial charge on any atom is -0.135 e. The maximum absolute atomic E-state index is 2.55. The van der Waals surface area contributed by atoms with Gasteiger partial charge in [0.1, 0.15) is 0 Å². The van der Waals surface area contributed by atoms with Gasteiger partial charge in [-0.25, -0.2) is 0 Å². The summed E-state index contributed by atoms with van der Waals surface area (Å²) in [6, 6.07) is 63.8. The molecule has 1 heteroatoms. The molecule has 1 heterocycles. The molecule has 0 nitrogen and oxygen atoms in total. The molecular weight excluding hydrogens is 801 g/mol. The number of aryl methyl sites for hydroxylation is 3. The van der Waals surface area contributed by atoms with Gasteiger partial charge in [-0.05, 0) is 170 Å². The van der Waals surface area contributed by atoms with E-state index in [0.717, 1.165) is 25.7 Å². The minimum atomic E-state index is 0.436. The van der Waals surface area contributed by atoms with Crippen LogP contribution in [0.2, 0.25) is 0 Å². The zero-order chi connectivity index (χ0) is 43.4. The smallest absolute Gasteiger partial charge is 0.0433 e. The topological polar surface area (TPSA) is 0 Å². The van der Waals surface area contributed by atoms with Crippen molar-refractivity contribution in [1.82, 2.24) is 0 Å². The van der Waals surface area contributed by atoms with Gasteiger partial charge in [0.05, 0.1) is 0 Å². The summed E-state index contributed by atoms with van der Waals surface area (Å²) in [6.45, 7) is 4.53. The van der Waals surface area contributed by atoms with Crippen molar-refractivity contribution in [2.45, 2.75) is 39.5 Å². The molecule has 0 radical (unpaired) electrons. The van der Waals surface area contributed by atoms with E-state index in [0.29, 0.717) is 11.8 Å². The zero-order valence-corrected chi connectivity index (χ0v) is 37.8. The lowest BCUT2D eigenvalue weighted by Gasteiger charge is -2.27. The van der Waals surface area contributed by atoms with E-state index in [2.05, 4.69) is 220 Å². The lowest BCUT2D eigenvalue weighted by Crippen LogP contribution is -2.14. The van der Waals surface area contributed by atoms with Crippen LogP contribution in [0.25, 0.3) is 87.0 Å². The molecular formula is C64H50S. The number of thiophene rings is 1. The first-order valence-electron chi connectivity index (χ1n) is 23.3. The summed E-state index contributed by atoms with van der Waals surface area (Å²) in [7, 11) is 0. The van der Waals surface area contributed by atoms with Crippen LogP contribution in [-0.4, -0.2) is 0 Å². The summed E-state index contributed by atoms with van der Waals surface area (Å²) in [5.41, 5.74) is 24.1. The van der Waals surface area contributed by atoms with Crippen LogP contribution >= 0.6 is 11.3 Å². The third kappa shape index (κ3) is 7.25. The molecule has 0 saturated carbocycles. The van der Waals surface area contributed by atoms with E-state index in [-0.39, 0.29) is 0 Å². The predicted octanol–water partition coefficient (Wildman–Crippen LogP) is 17.7. The Morgan fingerprint density at radius 1 is 0.477 bits per heavy atom. The molecule has 0 aliphatic heterocycles. The van der Waals surface area contributed by atoms with Gasteiger partial charge in [0.25, 0.3) is 0 Å². The van der Waals surface area contributed by atoms with Gasteiger partial charge in [-0.2, -0.15) is 0 Å². The Labute approximate surface area is 387 Å². The number of hydrogen-bond donors (Lipinski definition) is 0. The van der Waals surface area contributed by atoms with Crippen molar-refractivity contribution in [3.05, 3.63) is 240 Å². The molecule has 8 aromatic carbocycles. The first-order valence-corrected chi connectivity index (χ1v) is 24.1. The molecule has 1 aromatic heterocycles. The molecule has 9 aromatic rings. The number of fused-ring (bicyclic) bond motifs is 6. The van der Waals surface area contributed by atoms with Gasteiger partial charge < -0.3 is 0 Å². The summed E-state index contributed by atoms with van der Waals surface area (Å²) in [6.07, 6.45) is 18.6. The molecule has 12 rings (SSSR count).